The lowest BCUT2D eigenvalue weighted by Crippen LogP contribution is -2.02. The normalized spacial score (nSPS) is 10.7. The third-order valence-electron chi connectivity index (χ3n) is 3.10. The summed E-state index contributed by atoms with van der Waals surface area (Å²) >= 11 is 0. The highest BCUT2D eigenvalue weighted by Gasteiger charge is 2.15. The zero-order chi connectivity index (χ0) is 14.1. The van der Waals surface area contributed by atoms with E-state index in [0.717, 1.165) is 11.5 Å². The number of anilines is 1. The Bertz CT molecular complexity index is 750. The van der Waals surface area contributed by atoms with Crippen molar-refractivity contribution in [1.82, 2.24) is 14.8 Å². The Labute approximate surface area is 115 Å². The number of benzene rings is 2. The summed E-state index contributed by atoms with van der Waals surface area (Å²) in [6.45, 7) is 1.85. The molecule has 3 rings (SSSR count). The molecule has 0 saturated carbocycles. The van der Waals surface area contributed by atoms with Crippen LogP contribution in [0, 0.1) is 12.7 Å². The molecule has 2 aromatic carbocycles. The summed E-state index contributed by atoms with van der Waals surface area (Å²) < 4.78 is 15.3. The molecule has 0 amide bonds. The lowest BCUT2D eigenvalue weighted by molar-refractivity contribution is 0.628. The van der Waals surface area contributed by atoms with E-state index in [1.807, 2.05) is 41.8 Å². The molecule has 0 saturated heterocycles. The van der Waals surface area contributed by atoms with E-state index in [-0.39, 0.29) is 5.82 Å². The molecule has 0 radical (unpaired) electrons. The second kappa shape index (κ2) is 4.77. The second-order valence-electron chi connectivity index (χ2n) is 4.47. The van der Waals surface area contributed by atoms with Crippen molar-refractivity contribution < 1.29 is 4.39 Å². The standard InChI is InChI=1S/C15H13FN4/c1-10-18-19-15(13-9-11(16)7-8-14(13)17)20(10)12-5-3-2-4-6-12/h2-9H,17H2,1H3. The van der Waals surface area contributed by atoms with Gasteiger partial charge in [0.05, 0.1) is 0 Å². The molecule has 5 heteroatoms. The van der Waals surface area contributed by atoms with Crippen LogP contribution in [0.15, 0.2) is 48.5 Å². The highest BCUT2D eigenvalue weighted by atomic mass is 19.1. The van der Waals surface area contributed by atoms with Crippen molar-refractivity contribution in [3.05, 3.63) is 60.2 Å². The molecule has 0 aliphatic heterocycles. The number of aromatic nitrogens is 3. The molecule has 1 heterocycles. The number of nitrogens with zero attached hydrogens (tertiary/aromatic N) is 3. The van der Waals surface area contributed by atoms with E-state index >= 15 is 0 Å². The summed E-state index contributed by atoms with van der Waals surface area (Å²) in [6.07, 6.45) is 0. The van der Waals surface area contributed by atoms with Gasteiger partial charge in [-0.15, -0.1) is 10.2 Å². The molecule has 100 valence electrons. The van der Waals surface area contributed by atoms with E-state index < -0.39 is 0 Å². The van der Waals surface area contributed by atoms with Gasteiger partial charge in [-0.2, -0.15) is 0 Å². The average Bonchev–Trinajstić information content (AvgIpc) is 2.84. The summed E-state index contributed by atoms with van der Waals surface area (Å²) in [6, 6.07) is 13.9. The van der Waals surface area contributed by atoms with Crippen LogP contribution in [-0.4, -0.2) is 14.8 Å². The van der Waals surface area contributed by atoms with Crippen LogP contribution in [0.2, 0.25) is 0 Å². The smallest absolute Gasteiger partial charge is 0.170 e. The van der Waals surface area contributed by atoms with E-state index in [9.17, 15) is 4.39 Å². The summed E-state index contributed by atoms with van der Waals surface area (Å²) in [4.78, 5) is 0. The highest BCUT2D eigenvalue weighted by Crippen LogP contribution is 2.28. The lowest BCUT2D eigenvalue weighted by Gasteiger charge is -2.10. The number of nitrogen functional groups attached to an aromatic ring is 1. The van der Waals surface area contributed by atoms with Gasteiger partial charge in [-0.3, -0.25) is 4.57 Å². The van der Waals surface area contributed by atoms with Crippen LogP contribution >= 0.6 is 0 Å². The number of aryl methyl sites for hydroxylation is 1. The number of nitrogens with two attached hydrogens (primary N) is 1. The summed E-state index contributed by atoms with van der Waals surface area (Å²) in [5, 5.41) is 8.21. The maximum atomic E-state index is 13.5. The van der Waals surface area contributed by atoms with Gasteiger partial charge in [-0.25, -0.2) is 4.39 Å². The number of rotatable bonds is 2. The minimum atomic E-state index is -0.352. The van der Waals surface area contributed by atoms with Gasteiger partial charge in [0.1, 0.15) is 11.6 Å². The van der Waals surface area contributed by atoms with E-state index in [0.29, 0.717) is 17.1 Å². The van der Waals surface area contributed by atoms with Gasteiger partial charge in [0, 0.05) is 16.9 Å². The molecule has 0 aliphatic carbocycles. The van der Waals surface area contributed by atoms with Gasteiger partial charge in [-0.05, 0) is 37.3 Å². The topological polar surface area (TPSA) is 56.7 Å². The molecule has 0 fully saturated rings. The van der Waals surface area contributed by atoms with Gasteiger partial charge >= 0.3 is 0 Å². The third kappa shape index (κ3) is 2.03. The molecule has 0 unspecified atom stereocenters. The van der Waals surface area contributed by atoms with Crippen LogP contribution in [0.3, 0.4) is 0 Å². The highest BCUT2D eigenvalue weighted by molar-refractivity contribution is 5.72. The molecule has 20 heavy (non-hydrogen) atoms. The molecule has 0 atom stereocenters. The Kier molecular flexibility index (Phi) is 2.95. The summed E-state index contributed by atoms with van der Waals surface area (Å²) in [5.41, 5.74) is 7.85. The third-order valence-corrected chi connectivity index (χ3v) is 3.10. The fourth-order valence-electron chi connectivity index (χ4n) is 2.15. The zero-order valence-corrected chi connectivity index (χ0v) is 10.9. The maximum Gasteiger partial charge on any atom is 0.170 e. The van der Waals surface area contributed by atoms with Gasteiger partial charge in [0.25, 0.3) is 0 Å². The maximum absolute atomic E-state index is 13.5. The van der Waals surface area contributed by atoms with E-state index in [1.54, 1.807) is 0 Å². The molecule has 0 bridgehead atoms. The van der Waals surface area contributed by atoms with Gasteiger partial charge in [0.15, 0.2) is 5.82 Å². The Hall–Kier alpha value is -2.69. The van der Waals surface area contributed by atoms with Crippen molar-refractivity contribution in [3.63, 3.8) is 0 Å². The summed E-state index contributed by atoms with van der Waals surface area (Å²) in [7, 11) is 0. The molecular weight excluding hydrogens is 255 g/mol. The Morgan fingerprint density at radius 3 is 2.55 bits per heavy atom. The van der Waals surface area contributed by atoms with E-state index in [2.05, 4.69) is 10.2 Å². The number of halogens is 1. The van der Waals surface area contributed by atoms with Gasteiger partial charge in [-0.1, -0.05) is 18.2 Å². The van der Waals surface area contributed by atoms with Crippen LogP contribution in [0.25, 0.3) is 17.1 Å². The van der Waals surface area contributed by atoms with Crippen molar-refractivity contribution in [2.24, 2.45) is 0 Å². The Balaban J connectivity index is 2.24. The first kappa shape index (κ1) is 12.3. The second-order valence-corrected chi connectivity index (χ2v) is 4.47. The van der Waals surface area contributed by atoms with E-state index in [4.69, 9.17) is 5.73 Å². The molecule has 3 aromatic rings. The largest absolute Gasteiger partial charge is 0.398 e. The van der Waals surface area contributed by atoms with Crippen molar-refractivity contribution in [2.45, 2.75) is 6.92 Å². The number of hydrogen-bond donors (Lipinski definition) is 1. The predicted molar refractivity (Wildman–Crippen MR) is 75.9 cm³/mol. The predicted octanol–water partition coefficient (Wildman–Crippen LogP) is 2.96. The molecular formula is C15H13FN4. The number of para-hydroxylation sites is 1. The van der Waals surface area contributed by atoms with Crippen molar-refractivity contribution >= 4 is 5.69 Å². The fraction of sp³-hybridized carbons (Fsp3) is 0.0667. The first-order valence-corrected chi connectivity index (χ1v) is 6.19. The zero-order valence-electron chi connectivity index (χ0n) is 10.9. The SMILES string of the molecule is Cc1nnc(-c2cc(F)ccc2N)n1-c1ccccc1. The van der Waals surface area contributed by atoms with Crippen molar-refractivity contribution in [1.29, 1.82) is 0 Å². The molecule has 1 aromatic heterocycles. The van der Waals surface area contributed by atoms with Gasteiger partial charge < -0.3 is 5.73 Å². The van der Waals surface area contributed by atoms with Crippen LogP contribution in [0.5, 0.6) is 0 Å². The van der Waals surface area contributed by atoms with E-state index in [1.165, 1.54) is 18.2 Å². The van der Waals surface area contributed by atoms with Crippen LogP contribution in [-0.2, 0) is 0 Å². The Morgan fingerprint density at radius 2 is 1.80 bits per heavy atom. The quantitative estimate of drug-likeness (QED) is 0.727. The van der Waals surface area contributed by atoms with Gasteiger partial charge in [0.2, 0.25) is 0 Å². The molecule has 0 aliphatic rings. The monoisotopic (exact) mass is 268 g/mol. The molecule has 0 spiro atoms. The molecule has 4 nitrogen and oxygen atoms in total. The van der Waals surface area contributed by atoms with Crippen LogP contribution < -0.4 is 5.73 Å². The summed E-state index contributed by atoms with van der Waals surface area (Å²) in [5.74, 6) is 0.898. The van der Waals surface area contributed by atoms with Crippen LogP contribution in [0.4, 0.5) is 10.1 Å². The Morgan fingerprint density at radius 1 is 1.05 bits per heavy atom. The minimum absolute atomic E-state index is 0.352. The lowest BCUT2D eigenvalue weighted by atomic mass is 10.1. The minimum Gasteiger partial charge on any atom is -0.398 e. The molecule has 2 N–H and O–H groups in total. The first-order chi connectivity index (χ1) is 9.66. The van der Waals surface area contributed by atoms with Crippen molar-refractivity contribution in [2.75, 3.05) is 5.73 Å². The van der Waals surface area contributed by atoms with Crippen LogP contribution in [0.1, 0.15) is 5.82 Å². The van der Waals surface area contributed by atoms with Crippen molar-refractivity contribution in [3.8, 4) is 17.1 Å². The fourth-order valence-corrected chi connectivity index (χ4v) is 2.15. The average molecular weight is 268 g/mol. The first-order valence-electron chi connectivity index (χ1n) is 6.19. The number of hydrogen-bond acceptors (Lipinski definition) is 3.